The van der Waals surface area contributed by atoms with Gasteiger partial charge in [-0.2, -0.15) is 0 Å². The molecule has 0 saturated heterocycles. The highest BCUT2D eigenvalue weighted by atomic mass is 16.3. The zero-order valence-corrected chi connectivity index (χ0v) is 16.4. The number of hydrogen-bond acceptors (Lipinski definition) is 4. The largest absolute Gasteiger partial charge is 0.382 e. The lowest BCUT2D eigenvalue weighted by Gasteiger charge is -2.28. The fourth-order valence-corrected chi connectivity index (χ4v) is 2.94. The molecule has 2 rings (SSSR count). The molecule has 0 aromatic heterocycles. The van der Waals surface area contributed by atoms with Crippen molar-refractivity contribution < 1.29 is 19.8 Å². The summed E-state index contributed by atoms with van der Waals surface area (Å²) in [6.45, 7) is 6.98. The summed E-state index contributed by atoms with van der Waals surface area (Å²) < 4.78 is 0. The second-order valence-corrected chi connectivity index (χ2v) is 7.85. The molecule has 2 unspecified atom stereocenters. The zero-order chi connectivity index (χ0) is 20.2. The molecule has 0 aliphatic carbocycles. The first-order valence-corrected chi connectivity index (χ1v) is 9.24. The van der Waals surface area contributed by atoms with Gasteiger partial charge in [0, 0.05) is 11.1 Å². The van der Waals surface area contributed by atoms with Crippen LogP contribution in [0.1, 0.15) is 72.7 Å². The molecule has 2 atom stereocenters. The minimum Gasteiger partial charge on any atom is -0.382 e. The molecule has 4 heteroatoms. The van der Waals surface area contributed by atoms with Gasteiger partial charge in [-0.05, 0) is 38.2 Å². The van der Waals surface area contributed by atoms with E-state index in [9.17, 15) is 19.8 Å². The van der Waals surface area contributed by atoms with E-state index in [1.54, 1.807) is 42.5 Å². The van der Waals surface area contributed by atoms with Gasteiger partial charge in [0.25, 0.3) is 0 Å². The molecule has 2 aromatic rings. The van der Waals surface area contributed by atoms with Crippen LogP contribution in [0.25, 0.3) is 0 Å². The maximum absolute atomic E-state index is 12.7. The highest BCUT2D eigenvalue weighted by Crippen LogP contribution is 2.26. The van der Waals surface area contributed by atoms with E-state index in [0.29, 0.717) is 17.0 Å². The van der Waals surface area contributed by atoms with Crippen LogP contribution >= 0.6 is 0 Å². The van der Waals surface area contributed by atoms with E-state index >= 15 is 0 Å². The number of benzene rings is 2. The summed E-state index contributed by atoms with van der Waals surface area (Å²) in [6, 6.07) is 15.7. The first-order chi connectivity index (χ1) is 12.5. The average Bonchev–Trinajstić information content (AvgIpc) is 2.66. The van der Waals surface area contributed by atoms with E-state index in [1.165, 1.54) is 13.8 Å². The van der Waals surface area contributed by atoms with Crippen molar-refractivity contribution in [1.82, 2.24) is 0 Å². The summed E-state index contributed by atoms with van der Waals surface area (Å²) in [6.07, 6.45) is -0.0487. The van der Waals surface area contributed by atoms with Crippen molar-refractivity contribution >= 4 is 11.6 Å². The number of aliphatic hydroxyl groups is 2. The van der Waals surface area contributed by atoms with Crippen LogP contribution < -0.4 is 0 Å². The number of Topliss-reactive ketones (excluding diaryl/α,β-unsaturated/α-hetero) is 2. The zero-order valence-electron chi connectivity index (χ0n) is 16.4. The van der Waals surface area contributed by atoms with E-state index in [-0.39, 0.29) is 12.8 Å². The topological polar surface area (TPSA) is 74.6 Å². The molecule has 0 radical (unpaired) electrons. The molecule has 27 heavy (non-hydrogen) atoms. The van der Waals surface area contributed by atoms with Crippen molar-refractivity contribution in [3.05, 3.63) is 71.3 Å². The smallest absolute Gasteiger partial charge is 0.194 e. The molecule has 4 nitrogen and oxygen atoms in total. The van der Waals surface area contributed by atoms with Crippen molar-refractivity contribution in [2.45, 2.75) is 57.7 Å². The molecule has 0 bridgehead atoms. The first kappa shape index (κ1) is 21.0. The Kier molecular flexibility index (Phi) is 6.34. The molecule has 0 aliphatic heterocycles. The summed E-state index contributed by atoms with van der Waals surface area (Å²) >= 11 is 0. The fraction of sp³-hybridized carbons (Fsp3) is 0.391. The molecule has 0 heterocycles. The Labute approximate surface area is 160 Å². The summed E-state index contributed by atoms with van der Waals surface area (Å²) in [5.74, 6) is -0.484. The number of hydrogen-bond donors (Lipinski definition) is 2. The normalized spacial score (nSPS) is 15.8. The minimum absolute atomic E-state index is 0.0243. The number of carbonyl (C=O) groups is 2. The lowest BCUT2D eigenvalue weighted by Crippen LogP contribution is -2.41. The van der Waals surface area contributed by atoms with Crippen LogP contribution in [0, 0.1) is 0 Å². The Morgan fingerprint density at radius 3 is 1.59 bits per heavy atom. The molecule has 0 aliphatic rings. The average molecular weight is 368 g/mol. The lowest BCUT2D eigenvalue weighted by molar-refractivity contribution is 0.00810. The Bertz CT molecular complexity index is 787. The molecule has 2 aromatic carbocycles. The van der Waals surface area contributed by atoms with Crippen LogP contribution in [0.5, 0.6) is 0 Å². The third-order valence-electron chi connectivity index (χ3n) is 4.95. The van der Waals surface area contributed by atoms with E-state index in [4.69, 9.17) is 0 Å². The van der Waals surface area contributed by atoms with Crippen LogP contribution in [-0.2, 0) is 0 Å². The van der Waals surface area contributed by atoms with Crippen molar-refractivity contribution in [3.63, 3.8) is 0 Å². The summed E-state index contributed by atoms with van der Waals surface area (Å²) in [4.78, 5) is 25.2. The monoisotopic (exact) mass is 368 g/mol. The molecule has 0 fully saturated rings. The fourth-order valence-electron chi connectivity index (χ4n) is 2.94. The van der Waals surface area contributed by atoms with Gasteiger partial charge in [0.15, 0.2) is 11.6 Å². The van der Waals surface area contributed by atoms with E-state index in [1.807, 2.05) is 12.1 Å². The lowest BCUT2D eigenvalue weighted by atomic mass is 9.83. The van der Waals surface area contributed by atoms with Crippen LogP contribution in [0.4, 0.5) is 0 Å². The third-order valence-corrected chi connectivity index (χ3v) is 4.95. The minimum atomic E-state index is -1.67. The molecular weight excluding hydrogens is 340 g/mol. The first-order valence-electron chi connectivity index (χ1n) is 9.24. The third kappa shape index (κ3) is 5.12. The summed E-state index contributed by atoms with van der Waals surface area (Å²) in [5.41, 5.74) is -1.40. The van der Waals surface area contributed by atoms with Gasteiger partial charge >= 0.3 is 0 Å². The van der Waals surface area contributed by atoms with Gasteiger partial charge < -0.3 is 10.2 Å². The molecule has 0 amide bonds. The predicted molar refractivity (Wildman–Crippen MR) is 106 cm³/mol. The van der Waals surface area contributed by atoms with E-state index in [0.717, 1.165) is 5.56 Å². The van der Waals surface area contributed by atoms with Crippen LogP contribution in [0.15, 0.2) is 54.6 Å². The number of carbonyl (C=O) groups excluding carboxylic acids is 2. The Morgan fingerprint density at radius 2 is 1.19 bits per heavy atom. The maximum atomic E-state index is 12.7. The Balaban J connectivity index is 2.08. The van der Waals surface area contributed by atoms with Crippen molar-refractivity contribution in [1.29, 1.82) is 0 Å². The van der Waals surface area contributed by atoms with Crippen molar-refractivity contribution in [2.24, 2.45) is 0 Å². The highest BCUT2D eigenvalue weighted by molar-refractivity contribution is 6.03. The van der Waals surface area contributed by atoms with Crippen molar-refractivity contribution in [2.75, 3.05) is 0 Å². The number of ketones is 2. The van der Waals surface area contributed by atoms with Crippen LogP contribution in [0.2, 0.25) is 0 Å². The van der Waals surface area contributed by atoms with Crippen molar-refractivity contribution in [3.8, 4) is 0 Å². The summed E-state index contributed by atoms with van der Waals surface area (Å²) in [5, 5.41) is 21.2. The van der Waals surface area contributed by atoms with Gasteiger partial charge in [0.2, 0.25) is 0 Å². The number of rotatable bonds is 8. The van der Waals surface area contributed by atoms with Gasteiger partial charge in [-0.25, -0.2) is 0 Å². The van der Waals surface area contributed by atoms with E-state index in [2.05, 4.69) is 13.8 Å². The van der Waals surface area contributed by atoms with E-state index < -0.39 is 22.8 Å². The summed E-state index contributed by atoms with van der Waals surface area (Å²) in [7, 11) is 0. The quantitative estimate of drug-likeness (QED) is 0.686. The molecule has 0 spiro atoms. The Morgan fingerprint density at radius 1 is 0.778 bits per heavy atom. The van der Waals surface area contributed by atoms with Crippen LogP contribution in [0.3, 0.4) is 0 Å². The van der Waals surface area contributed by atoms with Gasteiger partial charge in [-0.3, -0.25) is 9.59 Å². The van der Waals surface area contributed by atoms with Gasteiger partial charge in [0.1, 0.15) is 11.2 Å². The van der Waals surface area contributed by atoms with Crippen LogP contribution in [-0.4, -0.2) is 33.0 Å². The highest BCUT2D eigenvalue weighted by Gasteiger charge is 2.37. The predicted octanol–water partition coefficient (Wildman–Crippen LogP) is 4.16. The van der Waals surface area contributed by atoms with Gasteiger partial charge in [-0.1, -0.05) is 68.4 Å². The molecule has 144 valence electrons. The molecule has 2 N–H and O–H groups in total. The standard InChI is InChI=1S/C23H28O4/c1-16(2)17-10-12-19(13-11-17)21(25)23(4,27)15-14-22(3,26)20(24)18-8-6-5-7-9-18/h5-13,16,26-27H,14-15H2,1-4H3. The van der Waals surface area contributed by atoms with Gasteiger partial charge in [-0.15, -0.1) is 0 Å². The second-order valence-electron chi connectivity index (χ2n) is 7.85. The Hall–Kier alpha value is -2.30. The van der Waals surface area contributed by atoms with Gasteiger partial charge in [0.05, 0.1) is 0 Å². The molecular formula is C23H28O4. The second kappa shape index (κ2) is 8.15. The maximum Gasteiger partial charge on any atom is 0.194 e. The molecule has 0 saturated carbocycles. The SMILES string of the molecule is CC(C)c1ccc(C(=O)C(C)(O)CCC(C)(O)C(=O)c2ccccc2)cc1.